The minimum absolute atomic E-state index is 0.141. The number of pyridine rings is 1. The number of amides is 1. The molecular weight excluding hydrogens is 320 g/mol. The van der Waals surface area contributed by atoms with Gasteiger partial charge in [0.25, 0.3) is 5.91 Å². The van der Waals surface area contributed by atoms with Crippen molar-refractivity contribution in [2.75, 3.05) is 11.4 Å². The van der Waals surface area contributed by atoms with Gasteiger partial charge in [0.1, 0.15) is 10.4 Å². The Labute approximate surface area is 126 Å². The number of nitrogens with zero attached hydrogens (tertiary/aromatic N) is 2. The summed E-state index contributed by atoms with van der Waals surface area (Å²) in [7, 11) is 0. The number of aryl methyl sites for hydroxylation is 1. The van der Waals surface area contributed by atoms with Gasteiger partial charge in [-0.15, -0.1) is 0 Å². The van der Waals surface area contributed by atoms with Gasteiger partial charge in [-0.1, -0.05) is 6.07 Å². The second kappa shape index (κ2) is 6.05. The van der Waals surface area contributed by atoms with Gasteiger partial charge in [-0.05, 0) is 53.5 Å². The fourth-order valence-electron chi connectivity index (χ4n) is 2.00. The van der Waals surface area contributed by atoms with E-state index in [4.69, 9.17) is 0 Å². The van der Waals surface area contributed by atoms with E-state index < -0.39 is 0 Å². The quantitative estimate of drug-likeness (QED) is 0.873. The van der Waals surface area contributed by atoms with E-state index in [0.29, 0.717) is 22.4 Å². The monoisotopic (exact) mass is 334 g/mol. The van der Waals surface area contributed by atoms with Crippen LogP contribution in [0, 0.1) is 6.92 Å². The Morgan fingerprint density at radius 1 is 1.40 bits per heavy atom. The van der Waals surface area contributed by atoms with E-state index in [0.717, 1.165) is 5.56 Å². The van der Waals surface area contributed by atoms with Crippen molar-refractivity contribution in [2.24, 2.45) is 0 Å². The lowest BCUT2D eigenvalue weighted by atomic mass is 10.1. The molecule has 0 saturated heterocycles. The Balaban J connectivity index is 2.45. The second-order valence-electron chi connectivity index (χ2n) is 4.36. The predicted molar refractivity (Wildman–Crippen MR) is 82.1 cm³/mol. The SMILES string of the molecule is CCN(C(=O)c1cccnc1Br)c1cc(O)ccc1C. The van der Waals surface area contributed by atoms with Crippen molar-refractivity contribution in [2.45, 2.75) is 13.8 Å². The van der Waals surface area contributed by atoms with Crippen molar-refractivity contribution in [3.8, 4) is 5.75 Å². The molecule has 0 aliphatic rings. The number of carbonyl (C=O) groups excluding carboxylic acids is 1. The Hall–Kier alpha value is -1.88. The van der Waals surface area contributed by atoms with Gasteiger partial charge in [0.2, 0.25) is 0 Å². The van der Waals surface area contributed by atoms with Crippen molar-refractivity contribution in [1.29, 1.82) is 0 Å². The van der Waals surface area contributed by atoms with Crippen molar-refractivity contribution in [3.05, 3.63) is 52.3 Å². The highest BCUT2D eigenvalue weighted by Gasteiger charge is 2.20. The van der Waals surface area contributed by atoms with Gasteiger partial charge < -0.3 is 10.0 Å². The lowest BCUT2D eigenvalue weighted by molar-refractivity contribution is 0.0987. The third-order valence-electron chi connectivity index (χ3n) is 3.03. The highest BCUT2D eigenvalue weighted by atomic mass is 79.9. The zero-order chi connectivity index (χ0) is 14.7. The van der Waals surface area contributed by atoms with E-state index in [1.54, 1.807) is 41.4 Å². The highest BCUT2D eigenvalue weighted by Crippen LogP contribution is 2.27. The molecule has 2 rings (SSSR count). The van der Waals surface area contributed by atoms with Crippen LogP contribution in [-0.2, 0) is 0 Å². The van der Waals surface area contributed by atoms with Crippen LogP contribution in [0.5, 0.6) is 5.75 Å². The summed E-state index contributed by atoms with van der Waals surface area (Å²) < 4.78 is 0.515. The van der Waals surface area contributed by atoms with Gasteiger partial charge in [0.15, 0.2) is 0 Å². The molecule has 20 heavy (non-hydrogen) atoms. The Kier molecular flexibility index (Phi) is 4.39. The van der Waals surface area contributed by atoms with Crippen molar-refractivity contribution >= 4 is 27.5 Å². The van der Waals surface area contributed by atoms with E-state index in [1.165, 1.54) is 0 Å². The molecule has 1 aromatic heterocycles. The van der Waals surface area contributed by atoms with Crippen LogP contribution in [0.1, 0.15) is 22.8 Å². The summed E-state index contributed by atoms with van der Waals surface area (Å²) in [6.07, 6.45) is 1.62. The number of phenolic OH excluding ortho intramolecular Hbond substituents is 1. The molecule has 4 nitrogen and oxygen atoms in total. The summed E-state index contributed by atoms with van der Waals surface area (Å²) in [4.78, 5) is 18.3. The first-order valence-electron chi connectivity index (χ1n) is 6.26. The maximum absolute atomic E-state index is 12.6. The standard InChI is InChI=1S/C15H15BrN2O2/c1-3-18(13-9-11(19)7-6-10(13)2)15(20)12-5-4-8-17-14(12)16/h4-9,19H,3H2,1-2H3. The van der Waals surface area contributed by atoms with Crippen LogP contribution in [-0.4, -0.2) is 22.5 Å². The van der Waals surface area contributed by atoms with E-state index in [9.17, 15) is 9.90 Å². The van der Waals surface area contributed by atoms with E-state index in [2.05, 4.69) is 20.9 Å². The Bertz CT molecular complexity index is 644. The predicted octanol–water partition coefficient (Wildman–Crippen LogP) is 3.52. The first kappa shape index (κ1) is 14.5. The highest BCUT2D eigenvalue weighted by molar-refractivity contribution is 9.10. The molecule has 0 aliphatic heterocycles. The Morgan fingerprint density at radius 3 is 2.80 bits per heavy atom. The Morgan fingerprint density at radius 2 is 2.15 bits per heavy atom. The first-order valence-corrected chi connectivity index (χ1v) is 7.06. The van der Waals surface area contributed by atoms with Crippen molar-refractivity contribution in [1.82, 2.24) is 4.98 Å². The summed E-state index contributed by atoms with van der Waals surface area (Å²) in [5.41, 5.74) is 2.13. The first-order chi connectivity index (χ1) is 9.54. The fourth-order valence-corrected chi connectivity index (χ4v) is 2.42. The summed E-state index contributed by atoms with van der Waals surface area (Å²) in [5.74, 6) is -0.0109. The second-order valence-corrected chi connectivity index (χ2v) is 5.11. The number of aromatic hydroxyl groups is 1. The zero-order valence-corrected chi connectivity index (χ0v) is 12.9. The number of benzene rings is 1. The fraction of sp³-hybridized carbons (Fsp3) is 0.200. The maximum Gasteiger partial charge on any atom is 0.261 e. The van der Waals surface area contributed by atoms with Crippen LogP contribution in [0.25, 0.3) is 0 Å². The number of aromatic nitrogens is 1. The summed E-state index contributed by atoms with van der Waals surface area (Å²) in [5, 5.41) is 9.63. The summed E-state index contributed by atoms with van der Waals surface area (Å²) >= 11 is 3.29. The smallest absolute Gasteiger partial charge is 0.261 e. The third-order valence-corrected chi connectivity index (χ3v) is 3.67. The number of anilines is 1. The van der Waals surface area contributed by atoms with Crippen LogP contribution >= 0.6 is 15.9 Å². The minimum Gasteiger partial charge on any atom is -0.508 e. The molecule has 1 aromatic carbocycles. The molecule has 0 saturated carbocycles. The van der Waals surface area contributed by atoms with Crippen LogP contribution in [0.4, 0.5) is 5.69 Å². The van der Waals surface area contributed by atoms with Crippen LogP contribution in [0.3, 0.4) is 0 Å². The van der Waals surface area contributed by atoms with Crippen molar-refractivity contribution < 1.29 is 9.90 Å². The third kappa shape index (κ3) is 2.82. The number of hydrogen-bond acceptors (Lipinski definition) is 3. The topological polar surface area (TPSA) is 53.4 Å². The largest absolute Gasteiger partial charge is 0.508 e. The molecule has 104 valence electrons. The molecule has 0 spiro atoms. The van der Waals surface area contributed by atoms with Crippen LogP contribution in [0.15, 0.2) is 41.1 Å². The molecule has 1 heterocycles. The van der Waals surface area contributed by atoms with Gasteiger partial charge in [-0.3, -0.25) is 4.79 Å². The molecule has 0 unspecified atom stereocenters. The molecular formula is C15H15BrN2O2. The zero-order valence-electron chi connectivity index (χ0n) is 11.3. The molecule has 0 aliphatic carbocycles. The normalized spacial score (nSPS) is 10.3. The molecule has 0 radical (unpaired) electrons. The van der Waals surface area contributed by atoms with Crippen molar-refractivity contribution in [3.63, 3.8) is 0 Å². The van der Waals surface area contributed by atoms with Crippen LogP contribution < -0.4 is 4.90 Å². The van der Waals surface area contributed by atoms with Gasteiger partial charge >= 0.3 is 0 Å². The lowest BCUT2D eigenvalue weighted by Gasteiger charge is -2.23. The molecule has 1 N–H and O–H groups in total. The number of rotatable bonds is 3. The maximum atomic E-state index is 12.6. The summed E-state index contributed by atoms with van der Waals surface area (Å²) in [6.45, 7) is 4.30. The molecule has 0 bridgehead atoms. The lowest BCUT2D eigenvalue weighted by Crippen LogP contribution is -2.31. The molecule has 0 fully saturated rings. The molecule has 1 amide bonds. The van der Waals surface area contributed by atoms with E-state index in [1.807, 2.05) is 13.8 Å². The number of carbonyl (C=O) groups is 1. The molecule has 2 aromatic rings. The van der Waals surface area contributed by atoms with Crippen LogP contribution in [0.2, 0.25) is 0 Å². The molecule has 0 atom stereocenters. The van der Waals surface area contributed by atoms with E-state index in [-0.39, 0.29) is 11.7 Å². The molecule has 5 heteroatoms. The minimum atomic E-state index is -0.152. The average Bonchev–Trinajstić information content (AvgIpc) is 2.44. The van der Waals surface area contributed by atoms with Gasteiger partial charge in [0, 0.05) is 18.8 Å². The van der Waals surface area contributed by atoms with Gasteiger partial charge in [-0.2, -0.15) is 0 Å². The number of halogens is 1. The number of hydrogen-bond donors (Lipinski definition) is 1. The van der Waals surface area contributed by atoms with Gasteiger partial charge in [0.05, 0.1) is 11.3 Å². The number of phenols is 1. The average molecular weight is 335 g/mol. The van der Waals surface area contributed by atoms with Gasteiger partial charge in [-0.25, -0.2) is 4.98 Å². The summed E-state index contributed by atoms with van der Waals surface area (Å²) in [6, 6.07) is 8.44. The van der Waals surface area contributed by atoms with E-state index >= 15 is 0 Å².